The van der Waals surface area contributed by atoms with Crippen molar-refractivity contribution in [2.75, 3.05) is 5.75 Å². The van der Waals surface area contributed by atoms with E-state index in [1.165, 1.54) is 6.42 Å². The second-order valence-corrected chi connectivity index (χ2v) is 12.2. The van der Waals surface area contributed by atoms with Gasteiger partial charge in [-0.15, -0.1) is 0 Å². The van der Waals surface area contributed by atoms with E-state index in [4.69, 9.17) is 0 Å². The number of nitrogens with one attached hydrogen (secondary N) is 1. The van der Waals surface area contributed by atoms with Gasteiger partial charge in [0.1, 0.15) is 0 Å². The van der Waals surface area contributed by atoms with E-state index >= 15 is 0 Å². The highest BCUT2D eigenvalue weighted by Crippen LogP contribution is 2.12. The van der Waals surface area contributed by atoms with Gasteiger partial charge in [0.25, 0.3) is 10.1 Å². The standard InChI is InChI=1S/C35H59NO5S/c1-3-5-7-9-11-12-13-14-15-16-17-18-19-20-21-22-23-24-25-27-29-31-35(38)36-33(32-42(39,40)41)34(37)30-28-26-10-8-6-4-2/h5,7,11-12,14-15,17-18,20-21,23-24,33-34,37H,3-4,6,8-10,13,16,19,22,25-32H2,1-2H3,(H,36,38)(H,39,40,41)/b7-5-,12-11-,15-14-,18-17-,21-20-,24-23-. The zero-order valence-electron chi connectivity index (χ0n) is 26.3. The molecule has 0 bridgehead atoms. The maximum atomic E-state index is 12.4. The molecule has 42 heavy (non-hydrogen) atoms. The molecule has 0 radical (unpaired) electrons. The summed E-state index contributed by atoms with van der Waals surface area (Å²) < 4.78 is 32.1. The van der Waals surface area contributed by atoms with Crippen LogP contribution in [0, 0.1) is 0 Å². The molecule has 0 fully saturated rings. The summed E-state index contributed by atoms with van der Waals surface area (Å²) in [6, 6.07) is -0.994. The van der Waals surface area contributed by atoms with Gasteiger partial charge in [0.15, 0.2) is 0 Å². The second kappa shape index (κ2) is 28.9. The first-order chi connectivity index (χ1) is 20.3. The van der Waals surface area contributed by atoms with Crippen molar-refractivity contribution >= 4 is 16.0 Å². The Labute approximate surface area is 257 Å². The monoisotopic (exact) mass is 605 g/mol. The molecule has 0 saturated heterocycles. The van der Waals surface area contributed by atoms with Crippen LogP contribution >= 0.6 is 0 Å². The zero-order chi connectivity index (χ0) is 31.2. The number of aliphatic hydroxyl groups excluding tert-OH is 1. The number of rotatable bonds is 27. The van der Waals surface area contributed by atoms with Gasteiger partial charge in [0.2, 0.25) is 5.91 Å². The molecule has 7 heteroatoms. The van der Waals surface area contributed by atoms with E-state index in [0.29, 0.717) is 12.8 Å². The summed E-state index contributed by atoms with van der Waals surface area (Å²) in [6.45, 7) is 4.29. The summed E-state index contributed by atoms with van der Waals surface area (Å²) >= 11 is 0. The molecule has 1 amide bonds. The lowest BCUT2D eigenvalue weighted by molar-refractivity contribution is -0.122. The summed E-state index contributed by atoms with van der Waals surface area (Å²) in [7, 11) is -4.31. The molecule has 0 aliphatic heterocycles. The molecular formula is C35H59NO5S. The summed E-state index contributed by atoms with van der Waals surface area (Å²) in [5, 5.41) is 13.1. The number of aliphatic hydroxyl groups is 1. The Morgan fingerprint density at radius 3 is 1.64 bits per heavy atom. The van der Waals surface area contributed by atoms with Crippen molar-refractivity contribution in [3.8, 4) is 0 Å². The van der Waals surface area contributed by atoms with Gasteiger partial charge in [0, 0.05) is 6.42 Å². The van der Waals surface area contributed by atoms with Crippen molar-refractivity contribution in [1.82, 2.24) is 5.32 Å². The zero-order valence-corrected chi connectivity index (χ0v) is 27.2. The Bertz CT molecular complexity index is 931. The number of hydrogen-bond donors (Lipinski definition) is 3. The van der Waals surface area contributed by atoms with Crippen LogP contribution in [0.5, 0.6) is 0 Å². The lowest BCUT2D eigenvalue weighted by Gasteiger charge is -2.23. The van der Waals surface area contributed by atoms with Gasteiger partial charge in [-0.25, -0.2) is 0 Å². The minimum Gasteiger partial charge on any atom is -0.391 e. The van der Waals surface area contributed by atoms with E-state index < -0.39 is 28.0 Å². The fourth-order valence-electron chi connectivity index (χ4n) is 4.28. The molecular weight excluding hydrogens is 546 g/mol. The maximum Gasteiger partial charge on any atom is 0.266 e. The van der Waals surface area contributed by atoms with Crippen LogP contribution < -0.4 is 5.32 Å². The van der Waals surface area contributed by atoms with Crippen molar-refractivity contribution < 1.29 is 22.9 Å². The highest BCUT2D eigenvalue weighted by molar-refractivity contribution is 7.85. The Hall–Kier alpha value is -2.22. The SMILES string of the molecule is CC/C=C\C/C=C\C/C=C\C/C=C\C/C=C\C/C=C\CCCCC(=O)NC(CS(=O)(=O)O)C(O)CCCCCCCC. The first-order valence-corrected chi connectivity index (χ1v) is 17.7. The van der Waals surface area contributed by atoms with Crippen molar-refractivity contribution in [3.63, 3.8) is 0 Å². The predicted molar refractivity (Wildman–Crippen MR) is 179 cm³/mol. The minimum absolute atomic E-state index is 0.258. The van der Waals surface area contributed by atoms with Crippen LogP contribution in [0.25, 0.3) is 0 Å². The third-order valence-electron chi connectivity index (χ3n) is 6.68. The Kier molecular flexibility index (Phi) is 27.4. The number of allylic oxidation sites excluding steroid dienone is 12. The minimum atomic E-state index is -4.31. The maximum absolute atomic E-state index is 12.4. The van der Waals surface area contributed by atoms with Gasteiger partial charge in [0.05, 0.1) is 17.9 Å². The smallest absolute Gasteiger partial charge is 0.266 e. The molecule has 240 valence electrons. The quantitative estimate of drug-likeness (QED) is 0.0493. The van der Waals surface area contributed by atoms with Crippen molar-refractivity contribution in [2.24, 2.45) is 0 Å². The molecule has 3 N–H and O–H groups in total. The van der Waals surface area contributed by atoms with Gasteiger partial charge in [-0.1, -0.05) is 125 Å². The van der Waals surface area contributed by atoms with Crippen molar-refractivity contribution in [3.05, 3.63) is 72.9 Å². The van der Waals surface area contributed by atoms with Gasteiger partial charge in [-0.05, 0) is 64.2 Å². The lowest BCUT2D eigenvalue weighted by atomic mass is 10.0. The predicted octanol–water partition coefficient (Wildman–Crippen LogP) is 8.73. The number of carbonyl (C=O) groups excluding carboxylic acids is 1. The third-order valence-corrected chi connectivity index (χ3v) is 7.46. The van der Waals surface area contributed by atoms with Gasteiger partial charge in [-0.2, -0.15) is 8.42 Å². The Morgan fingerprint density at radius 2 is 1.14 bits per heavy atom. The van der Waals surface area contributed by atoms with Crippen molar-refractivity contribution in [1.29, 1.82) is 0 Å². The Morgan fingerprint density at radius 1 is 0.667 bits per heavy atom. The normalized spacial score (nSPS) is 14.5. The largest absolute Gasteiger partial charge is 0.391 e. The molecule has 0 spiro atoms. The average molecular weight is 606 g/mol. The van der Waals surface area contributed by atoms with E-state index in [-0.39, 0.29) is 12.3 Å². The number of unbranched alkanes of at least 4 members (excludes halogenated alkanes) is 7. The fourth-order valence-corrected chi connectivity index (χ4v) is 5.04. The topological polar surface area (TPSA) is 104 Å². The lowest BCUT2D eigenvalue weighted by Crippen LogP contribution is -2.47. The van der Waals surface area contributed by atoms with Crippen molar-refractivity contribution in [2.45, 2.75) is 135 Å². The van der Waals surface area contributed by atoms with Crippen LogP contribution in [0.15, 0.2) is 72.9 Å². The molecule has 6 nitrogen and oxygen atoms in total. The van der Waals surface area contributed by atoms with E-state index in [9.17, 15) is 22.9 Å². The summed E-state index contributed by atoms with van der Waals surface area (Å²) in [4.78, 5) is 12.4. The second-order valence-electron chi connectivity index (χ2n) is 10.7. The molecule has 0 saturated carbocycles. The van der Waals surface area contributed by atoms with Crippen LogP contribution in [0.2, 0.25) is 0 Å². The number of hydrogen-bond acceptors (Lipinski definition) is 4. The molecule has 0 aliphatic carbocycles. The molecule has 0 aliphatic rings. The first kappa shape index (κ1) is 39.8. The van der Waals surface area contributed by atoms with Gasteiger partial charge >= 0.3 is 0 Å². The molecule has 2 atom stereocenters. The van der Waals surface area contributed by atoms with E-state index in [1.54, 1.807) is 0 Å². The molecule has 0 aromatic heterocycles. The van der Waals surface area contributed by atoms with E-state index in [1.807, 2.05) is 0 Å². The van der Waals surface area contributed by atoms with Gasteiger partial charge in [-0.3, -0.25) is 9.35 Å². The number of carbonyl (C=O) groups is 1. The van der Waals surface area contributed by atoms with Gasteiger partial charge < -0.3 is 10.4 Å². The molecule has 0 aromatic rings. The molecule has 0 heterocycles. The van der Waals surface area contributed by atoms with E-state index in [0.717, 1.165) is 83.5 Å². The summed E-state index contributed by atoms with van der Waals surface area (Å²) in [5.41, 5.74) is 0. The average Bonchev–Trinajstić information content (AvgIpc) is 2.94. The highest BCUT2D eigenvalue weighted by atomic mass is 32.2. The van der Waals surface area contributed by atoms with Crippen LogP contribution in [-0.2, 0) is 14.9 Å². The highest BCUT2D eigenvalue weighted by Gasteiger charge is 2.25. The first-order valence-electron chi connectivity index (χ1n) is 16.1. The summed E-state index contributed by atoms with van der Waals surface area (Å²) in [5.74, 6) is -0.970. The van der Waals surface area contributed by atoms with E-state index in [2.05, 4.69) is 92.1 Å². The van der Waals surface area contributed by atoms with Crippen LogP contribution in [0.4, 0.5) is 0 Å². The molecule has 2 unspecified atom stereocenters. The van der Waals surface area contributed by atoms with Crippen LogP contribution in [0.3, 0.4) is 0 Å². The third kappa shape index (κ3) is 29.3. The summed E-state index contributed by atoms with van der Waals surface area (Å²) in [6.07, 6.45) is 40.2. The Balaban J connectivity index is 4.03. The fraction of sp³-hybridized carbons (Fsp3) is 0.629. The molecule has 0 aromatic carbocycles. The van der Waals surface area contributed by atoms with Crippen LogP contribution in [0.1, 0.15) is 123 Å². The van der Waals surface area contributed by atoms with Crippen LogP contribution in [-0.4, -0.2) is 41.9 Å². The number of amides is 1. The molecule has 0 rings (SSSR count).